The summed E-state index contributed by atoms with van der Waals surface area (Å²) in [5.41, 5.74) is 5.40. The first-order chi connectivity index (χ1) is 8.06. The molecular formula is C12H8BrF2NO. The fraction of sp³-hybridized carbons (Fsp3) is 0. The maximum atomic E-state index is 13.2. The van der Waals surface area contributed by atoms with Crippen molar-refractivity contribution in [2.45, 2.75) is 0 Å². The number of benzene rings is 2. The first kappa shape index (κ1) is 11.9. The minimum absolute atomic E-state index is 0.104. The van der Waals surface area contributed by atoms with Crippen LogP contribution in [0.4, 0.5) is 14.5 Å². The molecule has 0 unspecified atom stereocenters. The zero-order valence-corrected chi connectivity index (χ0v) is 10.2. The summed E-state index contributed by atoms with van der Waals surface area (Å²) in [4.78, 5) is 0. The molecule has 0 fully saturated rings. The van der Waals surface area contributed by atoms with E-state index < -0.39 is 11.6 Å². The summed E-state index contributed by atoms with van der Waals surface area (Å²) < 4.78 is 32.1. The van der Waals surface area contributed by atoms with E-state index in [-0.39, 0.29) is 17.2 Å². The van der Waals surface area contributed by atoms with Crippen molar-refractivity contribution < 1.29 is 13.5 Å². The molecule has 0 aliphatic carbocycles. The van der Waals surface area contributed by atoms with Crippen molar-refractivity contribution in [3.8, 4) is 11.5 Å². The average molecular weight is 300 g/mol. The van der Waals surface area contributed by atoms with Gasteiger partial charge in [0.1, 0.15) is 23.1 Å². The molecule has 2 rings (SSSR count). The molecule has 0 aliphatic rings. The molecule has 2 nitrogen and oxygen atoms in total. The molecule has 0 heterocycles. The van der Waals surface area contributed by atoms with Crippen LogP contribution in [-0.2, 0) is 0 Å². The van der Waals surface area contributed by atoms with Crippen LogP contribution < -0.4 is 10.5 Å². The SMILES string of the molecule is Nc1c(F)cccc1Oc1cc(F)cc(Br)c1. The predicted molar refractivity (Wildman–Crippen MR) is 65.0 cm³/mol. The molecule has 2 aromatic carbocycles. The van der Waals surface area contributed by atoms with Crippen LogP contribution in [0.5, 0.6) is 11.5 Å². The molecule has 0 aliphatic heterocycles. The van der Waals surface area contributed by atoms with Gasteiger partial charge in [-0.15, -0.1) is 0 Å². The van der Waals surface area contributed by atoms with Crippen LogP contribution in [0.2, 0.25) is 0 Å². The van der Waals surface area contributed by atoms with E-state index in [0.717, 1.165) is 0 Å². The highest BCUT2D eigenvalue weighted by Crippen LogP contribution is 2.30. The van der Waals surface area contributed by atoms with Crippen molar-refractivity contribution in [1.29, 1.82) is 0 Å². The van der Waals surface area contributed by atoms with Crippen LogP contribution in [-0.4, -0.2) is 0 Å². The van der Waals surface area contributed by atoms with Gasteiger partial charge >= 0.3 is 0 Å². The van der Waals surface area contributed by atoms with Crippen molar-refractivity contribution in [2.75, 3.05) is 5.73 Å². The quantitative estimate of drug-likeness (QED) is 0.847. The predicted octanol–water partition coefficient (Wildman–Crippen LogP) is 4.10. The number of rotatable bonds is 2. The lowest BCUT2D eigenvalue weighted by molar-refractivity contribution is 0.474. The van der Waals surface area contributed by atoms with E-state index in [9.17, 15) is 8.78 Å². The summed E-state index contributed by atoms with van der Waals surface area (Å²) in [5.74, 6) is -0.626. The summed E-state index contributed by atoms with van der Waals surface area (Å²) in [7, 11) is 0. The third kappa shape index (κ3) is 2.74. The number of hydrogen-bond donors (Lipinski definition) is 1. The van der Waals surface area contributed by atoms with Crippen molar-refractivity contribution in [3.63, 3.8) is 0 Å². The summed E-state index contributed by atoms with van der Waals surface area (Å²) in [6, 6.07) is 8.25. The van der Waals surface area contributed by atoms with E-state index in [0.29, 0.717) is 4.47 Å². The molecule has 0 saturated carbocycles. The number of para-hydroxylation sites is 1. The van der Waals surface area contributed by atoms with Gasteiger partial charge in [-0.3, -0.25) is 0 Å². The van der Waals surface area contributed by atoms with Crippen LogP contribution in [0.25, 0.3) is 0 Å². The lowest BCUT2D eigenvalue weighted by Crippen LogP contribution is -1.95. The van der Waals surface area contributed by atoms with Gasteiger partial charge in [-0.05, 0) is 24.3 Å². The lowest BCUT2D eigenvalue weighted by atomic mass is 10.3. The molecule has 88 valence electrons. The molecule has 0 bridgehead atoms. The van der Waals surface area contributed by atoms with Gasteiger partial charge in [0.05, 0.1) is 0 Å². The lowest BCUT2D eigenvalue weighted by Gasteiger charge is -2.09. The molecule has 0 spiro atoms. The van der Waals surface area contributed by atoms with E-state index >= 15 is 0 Å². The van der Waals surface area contributed by atoms with Crippen molar-refractivity contribution in [2.24, 2.45) is 0 Å². The first-order valence-corrected chi connectivity index (χ1v) is 5.53. The molecular weight excluding hydrogens is 292 g/mol. The van der Waals surface area contributed by atoms with Crippen LogP contribution in [0.1, 0.15) is 0 Å². The monoisotopic (exact) mass is 299 g/mol. The van der Waals surface area contributed by atoms with E-state index in [1.807, 2.05) is 0 Å². The smallest absolute Gasteiger partial charge is 0.153 e. The minimum Gasteiger partial charge on any atom is -0.455 e. The summed E-state index contributed by atoms with van der Waals surface area (Å²) in [6.45, 7) is 0. The molecule has 0 aromatic heterocycles. The summed E-state index contributed by atoms with van der Waals surface area (Å²) in [6.07, 6.45) is 0. The first-order valence-electron chi connectivity index (χ1n) is 4.74. The van der Waals surface area contributed by atoms with Gasteiger partial charge < -0.3 is 10.5 Å². The Bertz CT molecular complexity index is 540. The standard InChI is InChI=1S/C12H8BrF2NO/c13-7-4-8(14)6-9(5-7)17-11-3-1-2-10(15)12(11)16/h1-6H,16H2. The van der Waals surface area contributed by atoms with Crippen molar-refractivity contribution in [3.05, 3.63) is 52.5 Å². The number of ether oxygens (including phenoxy) is 1. The molecule has 2 aromatic rings. The van der Waals surface area contributed by atoms with Crippen LogP contribution in [0.15, 0.2) is 40.9 Å². The van der Waals surface area contributed by atoms with Gasteiger partial charge in [-0.2, -0.15) is 0 Å². The molecule has 17 heavy (non-hydrogen) atoms. The van der Waals surface area contributed by atoms with Gasteiger partial charge in [0.15, 0.2) is 5.75 Å². The largest absolute Gasteiger partial charge is 0.455 e. The number of nitrogens with two attached hydrogens (primary N) is 1. The van der Waals surface area contributed by atoms with Gasteiger partial charge in [0.2, 0.25) is 0 Å². The Morgan fingerprint density at radius 3 is 2.59 bits per heavy atom. The zero-order valence-electron chi connectivity index (χ0n) is 8.58. The van der Waals surface area contributed by atoms with E-state index in [4.69, 9.17) is 10.5 Å². The van der Waals surface area contributed by atoms with E-state index in [1.165, 1.54) is 30.3 Å². The van der Waals surface area contributed by atoms with E-state index in [2.05, 4.69) is 15.9 Å². The minimum atomic E-state index is -0.571. The second-order valence-electron chi connectivity index (χ2n) is 3.36. The molecule has 0 atom stereocenters. The Morgan fingerprint density at radius 2 is 1.88 bits per heavy atom. The zero-order chi connectivity index (χ0) is 12.4. The van der Waals surface area contributed by atoms with Gasteiger partial charge in [-0.1, -0.05) is 22.0 Å². The van der Waals surface area contributed by atoms with Gasteiger partial charge in [-0.25, -0.2) is 8.78 Å². The highest BCUT2D eigenvalue weighted by Gasteiger charge is 2.07. The number of halogens is 3. The molecule has 0 radical (unpaired) electrons. The second-order valence-corrected chi connectivity index (χ2v) is 4.27. The van der Waals surface area contributed by atoms with Crippen molar-refractivity contribution >= 4 is 21.6 Å². The Balaban J connectivity index is 2.34. The van der Waals surface area contributed by atoms with Crippen LogP contribution in [0, 0.1) is 11.6 Å². The maximum Gasteiger partial charge on any atom is 0.153 e. The summed E-state index contributed by atoms with van der Waals surface area (Å²) in [5, 5.41) is 0. The third-order valence-corrected chi connectivity index (χ3v) is 2.53. The second kappa shape index (κ2) is 4.71. The molecule has 5 heteroatoms. The third-order valence-electron chi connectivity index (χ3n) is 2.08. The normalized spacial score (nSPS) is 10.3. The van der Waals surface area contributed by atoms with Crippen LogP contribution in [0.3, 0.4) is 0 Å². The summed E-state index contributed by atoms with van der Waals surface area (Å²) >= 11 is 3.13. The Morgan fingerprint density at radius 1 is 1.12 bits per heavy atom. The molecule has 0 saturated heterocycles. The Hall–Kier alpha value is -1.62. The van der Waals surface area contributed by atoms with Gasteiger partial charge in [0, 0.05) is 10.5 Å². The number of nitrogen functional groups attached to an aromatic ring is 1. The van der Waals surface area contributed by atoms with Crippen molar-refractivity contribution in [1.82, 2.24) is 0 Å². The average Bonchev–Trinajstić information content (AvgIpc) is 2.23. The van der Waals surface area contributed by atoms with E-state index in [1.54, 1.807) is 6.07 Å². The molecule has 0 amide bonds. The maximum absolute atomic E-state index is 13.2. The Labute approximate surface area is 105 Å². The highest BCUT2D eigenvalue weighted by molar-refractivity contribution is 9.10. The topological polar surface area (TPSA) is 35.2 Å². The Kier molecular flexibility index (Phi) is 3.28. The number of hydrogen-bond acceptors (Lipinski definition) is 2. The number of anilines is 1. The molecule has 2 N–H and O–H groups in total. The fourth-order valence-corrected chi connectivity index (χ4v) is 1.76. The highest BCUT2D eigenvalue weighted by atomic mass is 79.9. The van der Waals surface area contributed by atoms with Gasteiger partial charge in [0.25, 0.3) is 0 Å². The van der Waals surface area contributed by atoms with Crippen LogP contribution >= 0.6 is 15.9 Å². The fourth-order valence-electron chi connectivity index (χ4n) is 1.32.